The molecule has 1 nitrogen and oxygen atoms in total. The van der Waals surface area contributed by atoms with Crippen LogP contribution in [-0.2, 0) is 6.42 Å². The lowest BCUT2D eigenvalue weighted by atomic mass is 9.75. The fourth-order valence-electron chi connectivity index (χ4n) is 3.35. The number of rotatable bonds is 5. The average molecular weight is 286 g/mol. The summed E-state index contributed by atoms with van der Waals surface area (Å²) in [5, 5.41) is 6.58. The highest BCUT2D eigenvalue weighted by atomic mass is 35.5. The molecule has 2 rings (SSSR count). The summed E-state index contributed by atoms with van der Waals surface area (Å²) in [6.07, 6.45) is 7.96. The first-order chi connectivity index (χ1) is 8.74. The first kappa shape index (κ1) is 14.4. The van der Waals surface area contributed by atoms with Crippen LogP contribution in [0.1, 0.15) is 43.9 Å². The monoisotopic (exact) mass is 285 g/mol. The van der Waals surface area contributed by atoms with E-state index < -0.39 is 0 Å². The number of nitrogens with one attached hydrogen (secondary N) is 1. The molecule has 0 saturated heterocycles. The highest BCUT2D eigenvalue weighted by Crippen LogP contribution is 2.36. The van der Waals surface area contributed by atoms with Crippen LogP contribution in [0.5, 0.6) is 0 Å². The molecule has 1 aliphatic carbocycles. The molecule has 1 fully saturated rings. The zero-order valence-electron chi connectivity index (χ0n) is 11.4. The molecule has 1 saturated carbocycles. The molecule has 0 spiro atoms. The Morgan fingerprint density at radius 1 is 1.44 bits per heavy atom. The average Bonchev–Trinajstić information content (AvgIpc) is 2.76. The van der Waals surface area contributed by atoms with Crippen LogP contribution in [0.2, 0.25) is 5.02 Å². The van der Waals surface area contributed by atoms with Crippen molar-refractivity contribution in [3.05, 3.63) is 21.3 Å². The van der Waals surface area contributed by atoms with Crippen molar-refractivity contribution in [2.45, 2.75) is 51.5 Å². The van der Waals surface area contributed by atoms with E-state index in [0.29, 0.717) is 6.04 Å². The van der Waals surface area contributed by atoms with Crippen molar-refractivity contribution in [2.24, 2.45) is 11.8 Å². The minimum absolute atomic E-state index is 0.677. The van der Waals surface area contributed by atoms with Crippen LogP contribution in [0.25, 0.3) is 0 Å². The normalized spacial score (nSPS) is 28.5. The number of hydrogen-bond acceptors (Lipinski definition) is 2. The summed E-state index contributed by atoms with van der Waals surface area (Å²) in [5.41, 5.74) is 0. The van der Waals surface area contributed by atoms with Crippen molar-refractivity contribution >= 4 is 22.9 Å². The molecule has 1 heterocycles. The second kappa shape index (κ2) is 6.93. The topological polar surface area (TPSA) is 12.0 Å². The van der Waals surface area contributed by atoms with Gasteiger partial charge in [0, 0.05) is 10.9 Å². The summed E-state index contributed by atoms with van der Waals surface area (Å²) in [7, 11) is 2.11. The van der Waals surface area contributed by atoms with Gasteiger partial charge in [-0.15, -0.1) is 11.3 Å². The lowest BCUT2D eigenvalue weighted by molar-refractivity contribution is 0.201. The van der Waals surface area contributed by atoms with Crippen LogP contribution in [0.3, 0.4) is 0 Å². The van der Waals surface area contributed by atoms with Crippen molar-refractivity contribution in [3.8, 4) is 0 Å². The Morgan fingerprint density at radius 3 is 2.89 bits per heavy atom. The maximum absolute atomic E-state index is 6.24. The number of halogens is 1. The summed E-state index contributed by atoms with van der Waals surface area (Å²) in [5.74, 6) is 1.69. The molecular formula is C15H24ClNS. The van der Waals surface area contributed by atoms with E-state index in [1.54, 1.807) is 0 Å². The molecule has 18 heavy (non-hydrogen) atoms. The van der Waals surface area contributed by atoms with Gasteiger partial charge in [0.05, 0.1) is 5.02 Å². The van der Waals surface area contributed by atoms with Crippen LogP contribution in [0, 0.1) is 11.8 Å². The molecule has 3 atom stereocenters. The van der Waals surface area contributed by atoms with Gasteiger partial charge in [-0.05, 0) is 56.0 Å². The fourth-order valence-corrected chi connectivity index (χ4v) is 4.55. The van der Waals surface area contributed by atoms with Crippen LogP contribution >= 0.6 is 22.9 Å². The van der Waals surface area contributed by atoms with Gasteiger partial charge in [-0.25, -0.2) is 0 Å². The van der Waals surface area contributed by atoms with Gasteiger partial charge in [0.2, 0.25) is 0 Å². The number of hydrogen-bond donors (Lipinski definition) is 1. The third-order valence-electron chi connectivity index (χ3n) is 4.30. The lowest BCUT2D eigenvalue weighted by Gasteiger charge is -2.36. The van der Waals surface area contributed by atoms with Crippen LogP contribution in [0.15, 0.2) is 11.4 Å². The smallest absolute Gasteiger partial charge is 0.0545 e. The second-order valence-corrected chi connectivity index (χ2v) is 6.93. The molecule has 1 aliphatic rings. The molecule has 0 bridgehead atoms. The Balaban J connectivity index is 2.00. The molecule has 0 aromatic carbocycles. The van der Waals surface area contributed by atoms with Crippen molar-refractivity contribution in [2.75, 3.05) is 7.05 Å². The predicted octanol–water partition coefficient (Wildman–Crippen LogP) is 4.75. The molecule has 0 amide bonds. The van der Waals surface area contributed by atoms with Crippen LogP contribution in [-0.4, -0.2) is 13.1 Å². The van der Waals surface area contributed by atoms with Gasteiger partial charge >= 0.3 is 0 Å². The molecule has 1 N–H and O–H groups in total. The van der Waals surface area contributed by atoms with Gasteiger partial charge in [-0.1, -0.05) is 31.4 Å². The Labute approximate surface area is 120 Å². The van der Waals surface area contributed by atoms with Gasteiger partial charge in [0.15, 0.2) is 0 Å². The molecular weight excluding hydrogens is 262 g/mol. The first-order valence-corrected chi connectivity index (χ1v) is 8.39. The Kier molecular flexibility index (Phi) is 5.53. The first-order valence-electron chi connectivity index (χ1n) is 7.13. The van der Waals surface area contributed by atoms with E-state index in [0.717, 1.165) is 23.3 Å². The molecule has 1 aromatic heterocycles. The third-order valence-corrected chi connectivity index (χ3v) is 5.71. The summed E-state index contributed by atoms with van der Waals surface area (Å²) < 4.78 is 0. The third kappa shape index (κ3) is 3.49. The van der Waals surface area contributed by atoms with Crippen LogP contribution < -0.4 is 5.32 Å². The largest absolute Gasteiger partial charge is 0.317 e. The van der Waals surface area contributed by atoms with Crippen molar-refractivity contribution < 1.29 is 0 Å². The molecule has 0 radical (unpaired) electrons. The Morgan fingerprint density at radius 2 is 2.28 bits per heavy atom. The molecule has 3 heteroatoms. The van der Waals surface area contributed by atoms with E-state index in [4.69, 9.17) is 11.6 Å². The highest BCUT2D eigenvalue weighted by Gasteiger charge is 2.29. The van der Waals surface area contributed by atoms with Crippen LogP contribution in [0.4, 0.5) is 0 Å². The highest BCUT2D eigenvalue weighted by molar-refractivity contribution is 7.10. The Hall–Kier alpha value is -0.0500. The van der Waals surface area contributed by atoms with E-state index in [-0.39, 0.29) is 0 Å². The SMILES string of the molecule is CCCC1CCC(NC)C(Cc2sccc2Cl)C1. The van der Waals surface area contributed by atoms with Gasteiger partial charge < -0.3 is 5.32 Å². The maximum atomic E-state index is 6.24. The molecule has 102 valence electrons. The van der Waals surface area contributed by atoms with Gasteiger partial charge in [0.25, 0.3) is 0 Å². The van der Waals surface area contributed by atoms with E-state index in [1.165, 1.54) is 37.0 Å². The quantitative estimate of drug-likeness (QED) is 0.823. The van der Waals surface area contributed by atoms with E-state index in [9.17, 15) is 0 Å². The predicted molar refractivity (Wildman–Crippen MR) is 81.6 cm³/mol. The zero-order valence-corrected chi connectivity index (χ0v) is 13.0. The number of thiophene rings is 1. The van der Waals surface area contributed by atoms with E-state index in [1.807, 2.05) is 17.4 Å². The zero-order chi connectivity index (χ0) is 13.0. The van der Waals surface area contributed by atoms with E-state index >= 15 is 0 Å². The fraction of sp³-hybridized carbons (Fsp3) is 0.733. The maximum Gasteiger partial charge on any atom is 0.0545 e. The van der Waals surface area contributed by atoms with E-state index in [2.05, 4.69) is 24.7 Å². The summed E-state index contributed by atoms with van der Waals surface area (Å²) in [6, 6.07) is 2.71. The van der Waals surface area contributed by atoms with Gasteiger partial charge in [-0.2, -0.15) is 0 Å². The summed E-state index contributed by atoms with van der Waals surface area (Å²) >= 11 is 8.05. The molecule has 0 aliphatic heterocycles. The lowest BCUT2D eigenvalue weighted by Crippen LogP contribution is -2.39. The standard InChI is InChI=1S/C15H24ClNS/c1-3-4-11-5-6-14(17-2)12(9-11)10-15-13(16)7-8-18-15/h7-8,11-12,14,17H,3-6,9-10H2,1-2H3. The second-order valence-electron chi connectivity index (χ2n) is 5.52. The minimum Gasteiger partial charge on any atom is -0.317 e. The van der Waals surface area contributed by atoms with Gasteiger partial charge in [0.1, 0.15) is 0 Å². The molecule has 3 unspecified atom stereocenters. The summed E-state index contributed by atoms with van der Waals surface area (Å²) in [4.78, 5) is 1.37. The Bertz CT molecular complexity index is 363. The van der Waals surface area contributed by atoms with Crippen molar-refractivity contribution in [3.63, 3.8) is 0 Å². The molecule has 1 aromatic rings. The van der Waals surface area contributed by atoms with Crippen molar-refractivity contribution in [1.82, 2.24) is 5.32 Å². The van der Waals surface area contributed by atoms with Gasteiger partial charge in [-0.3, -0.25) is 0 Å². The minimum atomic E-state index is 0.677. The van der Waals surface area contributed by atoms with Crippen molar-refractivity contribution in [1.29, 1.82) is 0 Å². The summed E-state index contributed by atoms with van der Waals surface area (Å²) in [6.45, 7) is 2.30.